The van der Waals surface area contributed by atoms with E-state index in [9.17, 15) is 13.2 Å². The third-order valence-electron chi connectivity index (χ3n) is 2.57. The Morgan fingerprint density at radius 3 is 2.33 bits per heavy atom. The van der Waals surface area contributed by atoms with Crippen molar-refractivity contribution < 1.29 is 22.6 Å². The largest absolute Gasteiger partial charge is 0.573 e. The number of benzene rings is 1. The third-order valence-corrected chi connectivity index (χ3v) is 2.57. The van der Waals surface area contributed by atoms with Crippen LogP contribution in [0.4, 0.5) is 18.9 Å². The number of nitrogens with one attached hydrogen (secondary N) is 1. The molecule has 1 aromatic rings. The number of ether oxygens (including phenoxy) is 2. The summed E-state index contributed by atoms with van der Waals surface area (Å²) in [5.74, 6) is -0.250. The van der Waals surface area contributed by atoms with Gasteiger partial charge in [0, 0.05) is 13.2 Å². The number of anilines is 1. The summed E-state index contributed by atoms with van der Waals surface area (Å²) in [4.78, 5) is 0. The Labute approximate surface area is 104 Å². The van der Waals surface area contributed by atoms with Gasteiger partial charge in [-0.15, -0.1) is 13.2 Å². The summed E-state index contributed by atoms with van der Waals surface area (Å²) >= 11 is 0. The summed E-state index contributed by atoms with van der Waals surface area (Å²) in [5, 5.41) is 2.93. The summed E-state index contributed by atoms with van der Waals surface area (Å²) in [7, 11) is 1.54. The van der Waals surface area contributed by atoms with Gasteiger partial charge in [-0.05, 0) is 26.0 Å². The van der Waals surface area contributed by atoms with Crippen LogP contribution in [-0.2, 0) is 4.74 Å². The lowest BCUT2D eigenvalue weighted by molar-refractivity contribution is -0.274. The smallest absolute Gasteiger partial charge is 0.404 e. The van der Waals surface area contributed by atoms with Crippen molar-refractivity contribution in [1.82, 2.24) is 0 Å². The van der Waals surface area contributed by atoms with Crippen molar-refractivity contribution in [2.24, 2.45) is 0 Å². The maximum atomic E-state index is 12.2. The second-order valence-corrected chi connectivity index (χ2v) is 3.92. The molecule has 1 aromatic carbocycles. The first-order chi connectivity index (χ1) is 8.33. The number of methoxy groups -OCH3 is 1. The van der Waals surface area contributed by atoms with Gasteiger partial charge in [-0.25, -0.2) is 0 Å². The van der Waals surface area contributed by atoms with Crippen molar-refractivity contribution in [3.05, 3.63) is 24.3 Å². The molecule has 0 saturated carbocycles. The molecule has 0 aliphatic heterocycles. The van der Waals surface area contributed by atoms with Gasteiger partial charge in [0.15, 0.2) is 5.75 Å². The molecule has 0 fully saturated rings. The number of hydrogen-bond donors (Lipinski definition) is 1. The van der Waals surface area contributed by atoms with E-state index < -0.39 is 6.36 Å². The molecule has 3 nitrogen and oxygen atoms in total. The molecular weight excluding hydrogens is 247 g/mol. The highest BCUT2D eigenvalue weighted by Gasteiger charge is 2.32. The average Bonchev–Trinajstić information content (AvgIpc) is 2.28. The summed E-state index contributed by atoms with van der Waals surface area (Å²) in [5.41, 5.74) is 0.284. The zero-order valence-corrected chi connectivity index (χ0v) is 10.4. The van der Waals surface area contributed by atoms with Crippen LogP contribution in [0.5, 0.6) is 5.75 Å². The van der Waals surface area contributed by atoms with E-state index in [0.717, 1.165) is 0 Å². The quantitative estimate of drug-likeness (QED) is 0.883. The number of halogens is 3. The summed E-state index contributed by atoms with van der Waals surface area (Å²) in [6.45, 7) is 3.64. The predicted octanol–water partition coefficient (Wildman–Crippen LogP) is 3.42. The first kappa shape index (κ1) is 14.6. The molecule has 0 aliphatic rings. The highest BCUT2D eigenvalue weighted by molar-refractivity contribution is 5.56. The van der Waals surface area contributed by atoms with Crippen LogP contribution in [0.15, 0.2) is 24.3 Å². The molecule has 0 bridgehead atoms. The van der Waals surface area contributed by atoms with Crippen molar-refractivity contribution in [3.8, 4) is 5.75 Å². The minimum absolute atomic E-state index is 0.135. The summed E-state index contributed by atoms with van der Waals surface area (Å²) < 4.78 is 45.7. The Balaban J connectivity index is 2.82. The van der Waals surface area contributed by atoms with Gasteiger partial charge in [0.1, 0.15) is 0 Å². The normalized spacial score (nSPS) is 15.0. The summed E-state index contributed by atoms with van der Waals surface area (Å²) in [6, 6.07) is 5.76. The summed E-state index contributed by atoms with van der Waals surface area (Å²) in [6.07, 6.45) is -4.84. The Morgan fingerprint density at radius 1 is 1.17 bits per heavy atom. The molecule has 1 N–H and O–H groups in total. The fourth-order valence-corrected chi connectivity index (χ4v) is 1.37. The lowest BCUT2D eigenvalue weighted by Crippen LogP contribution is -2.30. The Hall–Kier alpha value is -1.43. The fraction of sp³-hybridized carbons (Fsp3) is 0.500. The Kier molecular flexibility index (Phi) is 4.84. The topological polar surface area (TPSA) is 30.5 Å². The van der Waals surface area contributed by atoms with Crippen LogP contribution < -0.4 is 10.1 Å². The van der Waals surface area contributed by atoms with Gasteiger partial charge in [-0.3, -0.25) is 0 Å². The van der Waals surface area contributed by atoms with Crippen LogP contribution >= 0.6 is 0 Å². The monoisotopic (exact) mass is 263 g/mol. The molecule has 1 rings (SSSR count). The van der Waals surface area contributed by atoms with E-state index >= 15 is 0 Å². The lowest BCUT2D eigenvalue weighted by Gasteiger charge is -2.22. The number of rotatable bonds is 5. The number of alkyl halides is 3. The van der Waals surface area contributed by atoms with Crippen LogP contribution in [0.25, 0.3) is 0 Å². The van der Waals surface area contributed by atoms with Gasteiger partial charge >= 0.3 is 6.36 Å². The second kappa shape index (κ2) is 5.95. The Bertz CT molecular complexity index is 382. The van der Waals surface area contributed by atoms with E-state index in [-0.39, 0.29) is 23.6 Å². The molecule has 0 radical (unpaired) electrons. The molecule has 0 amide bonds. The second-order valence-electron chi connectivity index (χ2n) is 3.92. The van der Waals surface area contributed by atoms with Crippen molar-refractivity contribution in [3.63, 3.8) is 0 Å². The van der Waals surface area contributed by atoms with Crippen LogP contribution in [0.1, 0.15) is 13.8 Å². The molecule has 18 heavy (non-hydrogen) atoms. The van der Waals surface area contributed by atoms with Crippen molar-refractivity contribution in [1.29, 1.82) is 0 Å². The molecule has 0 aromatic heterocycles. The van der Waals surface area contributed by atoms with E-state index in [4.69, 9.17) is 4.74 Å². The molecule has 0 saturated heterocycles. The van der Waals surface area contributed by atoms with Gasteiger partial charge in [0.05, 0.1) is 11.8 Å². The van der Waals surface area contributed by atoms with E-state index in [0.29, 0.717) is 0 Å². The first-order valence-corrected chi connectivity index (χ1v) is 5.47. The molecule has 0 aliphatic carbocycles. The van der Waals surface area contributed by atoms with E-state index in [1.807, 2.05) is 13.8 Å². The van der Waals surface area contributed by atoms with Crippen LogP contribution in [0.2, 0.25) is 0 Å². The molecule has 2 unspecified atom stereocenters. The maximum absolute atomic E-state index is 12.2. The SMILES string of the molecule is COC(C)C(C)Nc1ccccc1OC(F)(F)F. The molecule has 0 spiro atoms. The maximum Gasteiger partial charge on any atom is 0.573 e. The van der Waals surface area contributed by atoms with Crippen molar-refractivity contribution >= 4 is 5.69 Å². The van der Waals surface area contributed by atoms with Gasteiger partial charge < -0.3 is 14.8 Å². The highest BCUT2D eigenvalue weighted by Crippen LogP contribution is 2.30. The predicted molar refractivity (Wildman–Crippen MR) is 62.7 cm³/mol. The third kappa shape index (κ3) is 4.44. The first-order valence-electron chi connectivity index (χ1n) is 5.47. The van der Waals surface area contributed by atoms with Gasteiger partial charge in [-0.1, -0.05) is 12.1 Å². The number of hydrogen-bond acceptors (Lipinski definition) is 3. The lowest BCUT2D eigenvalue weighted by atomic mass is 10.2. The highest BCUT2D eigenvalue weighted by atomic mass is 19.4. The fourth-order valence-electron chi connectivity index (χ4n) is 1.37. The minimum atomic E-state index is -4.70. The Morgan fingerprint density at radius 2 is 1.78 bits per heavy atom. The van der Waals surface area contributed by atoms with E-state index in [1.54, 1.807) is 13.2 Å². The van der Waals surface area contributed by atoms with Gasteiger partial charge in [0.25, 0.3) is 0 Å². The van der Waals surface area contributed by atoms with Crippen molar-refractivity contribution in [2.75, 3.05) is 12.4 Å². The standard InChI is InChI=1S/C12H16F3NO2/c1-8(9(2)17-3)16-10-6-4-5-7-11(10)18-12(13,14)15/h4-9,16H,1-3H3. The van der Waals surface area contributed by atoms with Gasteiger partial charge in [-0.2, -0.15) is 0 Å². The number of para-hydroxylation sites is 2. The van der Waals surface area contributed by atoms with E-state index in [1.165, 1.54) is 18.2 Å². The van der Waals surface area contributed by atoms with Crippen molar-refractivity contribution in [2.45, 2.75) is 32.4 Å². The average molecular weight is 263 g/mol. The van der Waals surface area contributed by atoms with Crippen LogP contribution in [0.3, 0.4) is 0 Å². The zero-order valence-electron chi connectivity index (χ0n) is 10.4. The molecule has 2 atom stereocenters. The molecular formula is C12H16F3NO2. The van der Waals surface area contributed by atoms with Crippen LogP contribution in [0, 0.1) is 0 Å². The van der Waals surface area contributed by atoms with E-state index in [2.05, 4.69) is 10.1 Å². The molecule has 6 heteroatoms. The molecule has 0 heterocycles. The molecule has 102 valence electrons. The van der Waals surface area contributed by atoms with Crippen LogP contribution in [-0.4, -0.2) is 25.6 Å². The van der Waals surface area contributed by atoms with Gasteiger partial charge in [0.2, 0.25) is 0 Å². The zero-order chi connectivity index (χ0) is 13.8. The minimum Gasteiger partial charge on any atom is -0.404 e.